The number of hydrogen-bond acceptors (Lipinski definition) is 2. The van der Waals surface area contributed by atoms with Crippen LogP contribution in [0.3, 0.4) is 0 Å². The Morgan fingerprint density at radius 3 is 2.73 bits per heavy atom. The number of rotatable bonds is 5. The van der Waals surface area contributed by atoms with Gasteiger partial charge in [-0.25, -0.2) is 4.98 Å². The molecule has 0 amide bonds. The van der Waals surface area contributed by atoms with Gasteiger partial charge in [-0.05, 0) is 19.5 Å². The molecule has 0 atom stereocenters. The Balaban J connectivity index is 2.51. The van der Waals surface area contributed by atoms with Crippen LogP contribution in [0, 0.1) is 0 Å². The van der Waals surface area contributed by atoms with Gasteiger partial charge in [0.2, 0.25) is 0 Å². The molecule has 3 nitrogen and oxygen atoms in total. The Kier molecular flexibility index (Phi) is 4.33. The number of imidazole rings is 1. The third kappa shape index (κ3) is 3.67. The fraction of sp³-hybridized carbons (Fsp3) is 0.750. The maximum Gasteiger partial charge on any atom is 0.0948 e. The van der Waals surface area contributed by atoms with Crippen molar-refractivity contribution in [3.8, 4) is 0 Å². The van der Waals surface area contributed by atoms with Crippen molar-refractivity contribution in [2.24, 2.45) is 0 Å². The Bertz CT molecular complexity index is 283. The summed E-state index contributed by atoms with van der Waals surface area (Å²) in [6.45, 7) is 12.0. The molecule has 1 aromatic rings. The van der Waals surface area contributed by atoms with Gasteiger partial charge in [-0.15, -0.1) is 0 Å². The minimum absolute atomic E-state index is 0.189. The molecular weight excluding hydrogens is 186 g/mol. The topological polar surface area (TPSA) is 29.9 Å². The van der Waals surface area contributed by atoms with Crippen LogP contribution in [-0.4, -0.2) is 22.6 Å². The molecule has 0 saturated heterocycles. The van der Waals surface area contributed by atoms with E-state index in [1.165, 1.54) is 5.69 Å². The third-order valence-corrected chi connectivity index (χ3v) is 2.48. The van der Waals surface area contributed by atoms with Crippen molar-refractivity contribution in [1.82, 2.24) is 14.9 Å². The lowest BCUT2D eigenvalue weighted by atomic mass is 9.92. The Morgan fingerprint density at radius 1 is 1.40 bits per heavy atom. The SMILES string of the molecule is CCNCCCn1cncc1C(C)(C)C. The molecule has 0 saturated carbocycles. The molecule has 1 N–H and O–H groups in total. The van der Waals surface area contributed by atoms with E-state index in [2.05, 4.69) is 42.6 Å². The normalized spacial score (nSPS) is 12.0. The fourth-order valence-corrected chi connectivity index (χ4v) is 1.67. The van der Waals surface area contributed by atoms with Crippen LogP contribution in [0.2, 0.25) is 0 Å². The quantitative estimate of drug-likeness (QED) is 0.753. The van der Waals surface area contributed by atoms with Crippen LogP contribution in [-0.2, 0) is 12.0 Å². The lowest BCUT2D eigenvalue weighted by molar-refractivity contribution is 0.500. The maximum absolute atomic E-state index is 4.23. The molecule has 0 aromatic carbocycles. The number of nitrogens with zero attached hydrogens (tertiary/aromatic N) is 2. The number of aryl methyl sites for hydroxylation is 1. The molecule has 1 rings (SSSR count). The van der Waals surface area contributed by atoms with E-state index in [1.807, 2.05) is 12.5 Å². The summed E-state index contributed by atoms with van der Waals surface area (Å²) in [7, 11) is 0. The van der Waals surface area contributed by atoms with E-state index in [1.54, 1.807) is 0 Å². The van der Waals surface area contributed by atoms with Gasteiger partial charge in [0.25, 0.3) is 0 Å². The molecule has 0 radical (unpaired) electrons. The highest BCUT2D eigenvalue weighted by atomic mass is 15.1. The lowest BCUT2D eigenvalue weighted by Crippen LogP contribution is -2.20. The molecule has 3 heteroatoms. The van der Waals surface area contributed by atoms with Crippen LogP contribution in [0.5, 0.6) is 0 Å². The summed E-state index contributed by atoms with van der Waals surface area (Å²) in [6.07, 6.45) is 5.08. The van der Waals surface area contributed by atoms with Gasteiger partial charge in [0.1, 0.15) is 0 Å². The smallest absolute Gasteiger partial charge is 0.0948 e. The van der Waals surface area contributed by atoms with Crippen LogP contribution in [0.15, 0.2) is 12.5 Å². The predicted octanol–water partition coefficient (Wildman–Crippen LogP) is 2.18. The molecule has 0 aliphatic heterocycles. The summed E-state index contributed by atoms with van der Waals surface area (Å²) in [4.78, 5) is 4.23. The highest BCUT2D eigenvalue weighted by molar-refractivity contribution is 5.10. The van der Waals surface area contributed by atoms with Crippen LogP contribution in [0.4, 0.5) is 0 Å². The van der Waals surface area contributed by atoms with Crippen molar-refractivity contribution < 1.29 is 0 Å². The first-order valence-corrected chi connectivity index (χ1v) is 5.77. The first-order chi connectivity index (χ1) is 7.05. The zero-order valence-electron chi connectivity index (χ0n) is 10.4. The second-order valence-corrected chi connectivity index (χ2v) is 4.93. The maximum atomic E-state index is 4.23. The van der Waals surface area contributed by atoms with Crippen LogP contribution >= 0.6 is 0 Å². The zero-order chi connectivity index (χ0) is 11.3. The fourth-order valence-electron chi connectivity index (χ4n) is 1.67. The van der Waals surface area contributed by atoms with Gasteiger partial charge in [-0.1, -0.05) is 27.7 Å². The summed E-state index contributed by atoms with van der Waals surface area (Å²) in [5, 5.41) is 3.34. The third-order valence-electron chi connectivity index (χ3n) is 2.48. The van der Waals surface area contributed by atoms with Gasteiger partial charge in [0.15, 0.2) is 0 Å². The van der Waals surface area contributed by atoms with E-state index in [4.69, 9.17) is 0 Å². The minimum Gasteiger partial charge on any atom is -0.334 e. The molecule has 86 valence electrons. The van der Waals surface area contributed by atoms with Crippen molar-refractivity contribution in [1.29, 1.82) is 0 Å². The Labute approximate surface area is 92.9 Å². The van der Waals surface area contributed by atoms with E-state index in [0.717, 1.165) is 26.1 Å². The molecule has 1 aromatic heterocycles. The zero-order valence-corrected chi connectivity index (χ0v) is 10.4. The number of aromatic nitrogens is 2. The highest BCUT2D eigenvalue weighted by Crippen LogP contribution is 2.21. The van der Waals surface area contributed by atoms with Gasteiger partial charge < -0.3 is 9.88 Å². The number of hydrogen-bond donors (Lipinski definition) is 1. The largest absolute Gasteiger partial charge is 0.334 e. The molecular formula is C12H23N3. The highest BCUT2D eigenvalue weighted by Gasteiger charge is 2.17. The monoisotopic (exact) mass is 209 g/mol. The van der Waals surface area contributed by atoms with Crippen molar-refractivity contribution >= 4 is 0 Å². The van der Waals surface area contributed by atoms with E-state index in [9.17, 15) is 0 Å². The minimum atomic E-state index is 0.189. The average Bonchev–Trinajstić information content (AvgIpc) is 2.59. The van der Waals surface area contributed by atoms with Crippen LogP contribution < -0.4 is 5.32 Å². The van der Waals surface area contributed by atoms with Gasteiger partial charge >= 0.3 is 0 Å². The Hall–Kier alpha value is -0.830. The summed E-state index contributed by atoms with van der Waals surface area (Å²) in [5.41, 5.74) is 1.51. The van der Waals surface area contributed by atoms with Gasteiger partial charge in [-0.3, -0.25) is 0 Å². The van der Waals surface area contributed by atoms with E-state index in [0.29, 0.717) is 0 Å². The summed E-state index contributed by atoms with van der Waals surface area (Å²) in [5.74, 6) is 0. The molecule has 0 bridgehead atoms. The predicted molar refractivity (Wildman–Crippen MR) is 64.1 cm³/mol. The first-order valence-electron chi connectivity index (χ1n) is 5.77. The van der Waals surface area contributed by atoms with Gasteiger partial charge in [0, 0.05) is 23.9 Å². The van der Waals surface area contributed by atoms with E-state index < -0.39 is 0 Å². The van der Waals surface area contributed by atoms with Gasteiger partial charge in [0.05, 0.1) is 6.33 Å². The molecule has 0 aliphatic rings. The van der Waals surface area contributed by atoms with Crippen molar-refractivity contribution in [3.05, 3.63) is 18.2 Å². The average molecular weight is 209 g/mol. The van der Waals surface area contributed by atoms with Crippen LogP contribution in [0.1, 0.15) is 39.8 Å². The molecule has 0 fully saturated rings. The Morgan fingerprint density at radius 2 is 2.13 bits per heavy atom. The van der Waals surface area contributed by atoms with E-state index in [-0.39, 0.29) is 5.41 Å². The molecule has 15 heavy (non-hydrogen) atoms. The number of nitrogens with one attached hydrogen (secondary N) is 1. The van der Waals surface area contributed by atoms with Gasteiger partial charge in [-0.2, -0.15) is 0 Å². The van der Waals surface area contributed by atoms with E-state index >= 15 is 0 Å². The molecule has 0 spiro atoms. The summed E-state index contributed by atoms with van der Waals surface area (Å²) >= 11 is 0. The second-order valence-electron chi connectivity index (χ2n) is 4.93. The summed E-state index contributed by atoms with van der Waals surface area (Å²) < 4.78 is 2.26. The van der Waals surface area contributed by atoms with Crippen LogP contribution in [0.25, 0.3) is 0 Å². The summed E-state index contributed by atoms with van der Waals surface area (Å²) in [6, 6.07) is 0. The molecule has 0 unspecified atom stereocenters. The molecule has 1 heterocycles. The van der Waals surface area contributed by atoms with Crippen molar-refractivity contribution in [2.75, 3.05) is 13.1 Å². The first kappa shape index (κ1) is 12.2. The van der Waals surface area contributed by atoms with Crippen molar-refractivity contribution in [3.63, 3.8) is 0 Å². The van der Waals surface area contributed by atoms with Crippen molar-refractivity contribution in [2.45, 2.75) is 46.1 Å². The standard InChI is InChI=1S/C12H23N3/c1-5-13-7-6-8-15-10-14-9-11(15)12(2,3)4/h9-10,13H,5-8H2,1-4H3. The lowest BCUT2D eigenvalue weighted by Gasteiger charge is -2.20. The molecule has 0 aliphatic carbocycles. The second kappa shape index (κ2) is 5.31.